The van der Waals surface area contributed by atoms with Crippen molar-refractivity contribution in [1.82, 2.24) is 5.32 Å². The van der Waals surface area contributed by atoms with Gasteiger partial charge in [0.2, 0.25) is 5.91 Å². The van der Waals surface area contributed by atoms with Gasteiger partial charge in [-0.05, 0) is 42.2 Å². The van der Waals surface area contributed by atoms with Crippen molar-refractivity contribution in [2.45, 2.75) is 19.9 Å². The summed E-state index contributed by atoms with van der Waals surface area (Å²) in [6, 6.07) is 23.6. The van der Waals surface area contributed by atoms with Gasteiger partial charge in [-0.1, -0.05) is 60.7 Å². The van der Waals surface area contributed by atoms with Gasteiger partial charge in [0, 0.05) is 23.1 Å². The number of hydrogen-bond acceptors (Lipinski definition) is 3. The van der Waals surface area contributed by atoms with Crippen LogP contribution in [0.25, 0.3) is 16.5 Å². The largest absolute Gasteiger partial charge is 0.496 e. The van der Waals surface area contributed by atoms with E-state index >= 15 is 0 Å². The summed E-state index contributed by atoms with van der Waals surface area (Å²) >= 11 is 0. The van der Waals surface area contributed by atoms with Crippen LogP contribution >= 0.6 is 0 Å². The molecule has 0 aliphatic heterocycles. The number of furan rings is 1. The molecular formula is C27H25NO3. The molecule has 3 aromatic carbocycles. The molecule has 1 amide bonds. The zero-order valence-electron chi connectivity index (χ0n) is 17.9. The molecule has 0 radical (unpaired) electrons. The predicted octanol–water partition coefficient (Wildman–Crippen LogP) is 6.06. The Labute approximate surface area is 182 Å². The van der Waals surface area contributed by atoms with Crippen molar-refractivity contribution in [3.8, 4) is 5.75 Å². The minimum atomic E-state index is -0.237. The number of ether oxygens (including phenoxy) is 1. The molecule has 0 fully saturated rings. The average Bonchev–Trinajstić information content (AvgIpc) is 3.17. The Morgan fingerprint density at radius 2 is 1.61 bits per heavy atom. The molecule has 0 aliphatic carbocycles. The van der Waals surface area contributed by atoms with E-state index in [1.807, 2.05) is 86.6 Å². The zero-order chi connectivity index (χ0) is 21.8. The van der Waals surface area contributed by atoms with Gasteiger partial charge >= 0.3 is 0 Å². The van der Waals surface area contributed by atoms with Crippen LogP contribution in [-0.4, -0.2) is 13.0 Å². The molecule has 0 aliphatic rings. The van der Waals surface area contributed by atoms with Crippen LogP contribution in [0.2, 0.25) is 0 Å². The van der Waals surface area contributed by atoms with Gasteiger partial charge in [-0.2, -0.15) is 0 Å². The van der Waals surface area contributed by atoms with E-state index in [1.165, 1.54) is 0 Å². The molecule has 0 atom stereocenters. The normalized spacial score (nSPS) is 11.7. The maximum absolute atomic E-state index is 13.0. The van der Waals surface area contributed by atoms with Crippen molar-refractivity contribution in [2.75, 3.05) is 7.11 Å². The number of rotatable bonds is 6. The first-order valence-electron chi connectivity index (χ1n) is 10.2. The first-order valence-corrected chi connectivity index (χ1v) is 10.2. The van der Waals surface area contributed by atoms with Gasteiger partial charge < -0.3 is 14.5 Å². The maximum atomic E-state index is 13.0. The van der Waals surface area contributed by atoms with Crippen molar-refractivity contribution < 1.29 is 13.9 Å². The van der Waals surface area contributed by atoms with E-state index in [1.54, 1.807) is 19.4 Å². The van der Waals surface area contributed by atoms with E-state index in [0.717, 1.165) is 38.8 Å². The minimum absolute atomic E-state index is 0.165. The van der Waals surface area contributed by atoms with Gasteiger partial charge in [0.05, 0.1) is 19.4 Å². The van der Waals surface area contributed by atoms with Crippen molar-refractivity contribution in [3.63, 3.8) is 0 Å². The molecule has 0 saturated heterocycles. The second-order valence-corrected chi connectivity index (χ2v) is 7.56. The summed E-state index contributed by atoms with van der Waals surface area (Å²) in [6.07, 6.45) is 3.35. The van der Waals surface area contributed by atoms with E-state index in [9.17, 15) is 4.79 Å². The van der Waals surface area contributed by atoms with Gasteiger partial charge in [0.1, 0.15) is 11.3 Å². The van der Waals surface area contributed by atoms with Gasteiger partial charge in [-0.3, -0.25) is 4.79 Å². The Bertz CT molecular complexity index is 1180. The minimum Gasteiger partial charge on any atom is -0.496 e. The predicted molar refractivity (Wildman–Crippen MR) is 124 cm³/mol. The van der Waals surface area contributed by atoms with E-state index in [-0.39, 0.29) is 11.9 Å². The molecule has 4 nitrogen and oxygen atoms in total. The monoisotopic (exact) mass is 411 g/mol. The van der Waals surface area contributed by atoms with Crippen LogP contribution in [0.1, 0.15) is 35.2 Å². The molecule has 31 heavy (non-hydrogen) atoms. The Morgan fingerprint density at radius 3 is 2.19 bits per heavy atom. The maximum Gasteiger partial charge on any atom is 0.245 e. The molecule has 4 heteroatoms. The summed E-state index contributed by atoms with van der Waals surface area (Å²) in [5, 5.41) is 4.17. The summed E-state index contributed by atoms with van der Waals surface area (Å²) in [5.74, 6) is 0.507. The molecule has 0 spiro atoms. The number of carbonyl (C=O) groups excluding carboxylic acids is 1. The van der Waals surface area contributed by atoms with Crippen LogP contribution in [0, 0.1) is 6.92 Å². The van der Waals surface area contributed by atoms with Crippen LogP contribution in [0.5, 0.6) is 5.75 Å². The number of hydrogen-bond donors (Lipinski definition) is 1. The number of methoxy groups -OCH3 is 1. The standard InChI is InChI=1S/C27H25NO3/c1-18(22-15-23-19(2)17-31-25(23)16-24(22)30-3)14-26(29)28-27(20-10-6-4-7-11-20)21-12-8-5-9-13-21/h4-17,27H,1-3H3,(H,28,29)/b18-14+. The van der Waals surface area contributed by atoms with Crippen LogP contribution in [0.3, 0.4) is 0 Å². The van der Waals surface area contributed by atoms with Gasteiger partial charge in [0.15, 0.2) is 0 Å². The Balaban J connectivity index is 1.66. The quantitative estimate of drug-likeness (QED) is 0.393. The van der Waals surface area contributed by atoms with Crippen molar-refractivity contribution >= 4 is 22.4 Å². The lowest BCUT2D eigenvalue weighted by atomic mass is 9.98. The molecule has 0 bridgehead atoms. The lowest BCUT2D eigenvalue weighted by Gasteiger charge is -2.19. The highest BCUT2D eigenvalue weighted by atomic mass is 16.5. The fraction of sp³-hybridized carbons (Fsp3) is 0.148. The highest BCUT2D eigenvalue weighted by Gasteiger charge is 2.17. The Kier molecular flexibility index (Phi) is 5.89. The topological polar surface area (TPSA) is 51.5 Å². The third kappa shape index (κ3) is 4.38. The molecule has 0 saturated carbocycles. The lowest BCUT2D eigenvalue weighted by Crippen LogP contribution is -2.27. The summed E-state index contributed by atoms with van der Waals surface area (Å²) in [4.78, 5) is 13.0. The number of benzene rings is 3. The van der Waals surface area contributed by atoms with Crippen LogP contribution in [-0.2, 0) is 4.79 Å². The Morgan fingerprint density at radius 1 is 1.00 bits per heavy atom. The average molecular weight is 412 g/mol. The fourth-order valence-electron chi connectivity index (χ4n) is 3.77. The number of allylic oxidation sites excluding steroid dienone is 1. The van der Waals surface area contributed by atoms with Crippen LogP contribution < -0.4 is 10.1 Å². The first-order chi connectivity index (χ1) is 15.1. The van der Waals surface area contributed by atoms with Crippen molar-refractivity contribution in [2.24, 2.45) is 0 Å². The fourth-order valence-corrected chi connectivity index (χ4v) is 3.77. The van der Waals surface area contributed by atoms with Crippen molar-refractivity contribution in [1.29, 1.82) is 0 Å². The molecule has 1 heterocycles. The highest BCUT2D eigenvalue weighted by molar-refractivity contribution is 5.97. The smallest absolute Gasteiger partial charge is 0.245 e. The Hall–Kier alpha value is -3.79. The third-order valence-corrected chi connectivity index (χ3v) is 5.41. The molecule has 1 aromatic heterocycles. The van der Waals surface area contributed by atoms with E-state index < -0.39 is 0 Å². The number of amides is 1. The lowest BCUT2D eigenvalue weighted by molar-refractivity contribution is -0.116. The van der Waals surface area contributed by atoms with Gasteiger partial charge in [-0.15, -0.1) is 0 Å². The highest BCUT2D eigenvalue weighted by Crippen LogP contribution is 2.33. The number of aryl methyl sites for hydroxylation is 1. The molecule has 1 N–H and O–H groups in total. The number of nitrogens with one attached hydrogen (secondary N) is 1. The molecule has 0 unspecified atom stereocenters. The zero-order valence-corrected chi connectivity index (χ0v) is 17.9. The van der Waals surface area contributed by atoms with Crippen LogP contribution in [0.4, 0.5) is 0 Å². The summed E-state index contributed by atoms with van der Waals surface area (Å²) in [6.45, 7) is 3.91. The summed E-state index contributed by atoms with van der Waals surface area (Å²) < 4.78 is 11.1. The summed E-state index contributed by atoms with van der Waals surface area (Å²) in [5.41, 5.74) is 5.55. The molecule has 4 rings (SSSR count). The van der Waals surface area contributed by atoms with Gasteiger partial charge in [-0.25, -0.2) is 0 Å². The molecule has 4 aromatic rings. The SMILES string of the molecule is COc1cc2occ(C)c2cc1/C(C)=C/C(=O)NC(c1ccccc1)c1ccccc1. The van der Waals surface area contributed by atoms with E-state index in [2.05, 4.69) is 5.32 Å². The van der Waals surface area contributed by atoms with Crippen LogP contribution in [0.15, 0.2) is 89.6 Å². The van der Waals surface area contributed by atoms with Gasteiger partial charge in [0.25, 0.3) is 0 Å². The number of carbonyl (C=O) groups is 1. The second-order valence-electron chi connectivity index (χ2n) is 7.56. The third-order valence-electron chi connectivity index (χ3n) is 5.41. The number of fused-ring (bicyclic) bond motifs is 1. The first kappa shape index (κ1) is 20.5. The second kappa shape index (κ2) is 8.92. The van der Waals surface area contributed by atoms with E-state index in [4.69, 9.17) is 9.15 Å². The summed E-state index contributed by atoms with van der Waals surface area (Å²) in [7, 11) is 1.62. The molecular weight excluding hydrogens is 386 g/mol. The van der Waals surface area contributed by atoms with E-state index in [0.29, 0.717) is 5.75 Å². The molecule has 156 valence electrons. The van der Waals surface area contributed by atoms with Crippen molar-refractivity contribution in [3.05, 3.63) is 107 Å².